The topological polar surface area (TPSA) is 37.4 Å². The molecule has 22 heavy (non-hydrogen) atoms. The summed E-state index contributed by atoms with van der Waals surface area (Å²) in [7, 11) is 0. The van der Waals surface area contributed by atoms with Crippen molar-refractivity contribution in [3.8, 4) is 0 Å². The first-order valence-electron chi connectivity index (χ1n) is 7.50. The van der Waals surface area contributed by atoms with E-state index < -0.39 is 0 Å². The molecule has 0 N–H and O–H groups in total. The van der Waals surface area contributed by atoms with Crippen molar-refractivity contribution >= 4 is 23.0 Å². The molecule has 0 radical (unpaired) electrons. The molecule has 108 valence electrons. The minimum Gasteiger partial charge on any atom is -0.271 e. The van der Waals surface area contributed by atoms with Gasteiger partial charge in [-0.15, -0.1) is 0 Å². The van der Waals surface area contributed by atoms with Gasteiger partial charge in [0.25, 0.3) is 11.8 Å². The monoisotopic (exact) mass is 289 g/mol. The van der Waals surface area contributed by atoms with Crippen LogP contribution in [0.15, 0.2) is 60.7 Å². The van der Waals surface area contributed by atoms with Crippen LogP contribution in [0.1, 0.15) is 24.0 Å². The second-order valence-corrected chi connectivity index (χ2v) is 5.69. The predicted octanol–water partition coefficient (Wildman–Crippen LogP) is 3.13. The van der Waals surface area contributed by atoms with Crippen molar-refractivity contribution in [2.24, 2.45) is 0 Å². The van der Waals surface area contributed by atoms with Gasteiger partial charge in [0.15, 0.2) is 0 Å². The maximum absolute atomic E-state index is 12.8. The lowest BCUT2D eigenvalue weighted by Crippen LogP contribution is -2.33. The Morgan fingerprint density at radius 2 is 1.09 bits per heavy atom. The lowest BCUT2D eigenvalue weighted by molar-refractivity contribution is -0.136. The molecule has 0 saturated heterocycles. The van der Waals surface area contributed by atoms with Crippen LogP contribution in [0.4, 0.5) is 0 Å². The van der Waals surface area contributed by atoms with Gasteiger partial charge in [0.05, 0.1) is 11.1 Å². The van der Waals surface area contributed by atoms with E-state index >= 15 is 0 Å². The smallest absolute Gasteiger partial charge is 0.262 e. The van der Waals surface area contributed by atoms with Gasteiger partial charge in [0.2, 0.25) is 0 Å². The highest BCUT2D eigenvalue weighted by molar-refractivity contribution is 6.49. The van der Waals surface area contributed by atoms with Crippen LogP contribution in [-0.2, 0) is 9.59 Å². The van der Waals surface area contributed by atoms with Crippen LogP contribution >= 0.6 is 0 Å². The van der Waals surface area contributed by atoms with Gasteiger partial charge in [-0.25, -0.2) is 0 Å². The van der Waals surface area contributed by atoms with Gasteiger partial charge in [-0.05, 0) is 24.0 Å². The van der Waals surface area contributed by atoms with Crippen molar-refractivity contribution < 1.29 is 9.59 Å². The quantitative estimate of drug-likeness (QED) is 0.814. The van der Waals surface area contributed by atoms with Crippen LogP contribution in [0.5, 0.6) is 0 Å². The Balaban J connectivity index is 1.92. The Morgan fingerprint density at radius 1 is 0.682 bits per heavy atom. The van der Waals surface area contributed by atoms with E-state index in [-0.39, 0.29) is 17.9 Å². The zero-order valence-electron chi connectivity index (χ0n) is 12.0. The van der Waals surface area contributed by atoms with E-state index in [0.717, 1.165) is 24.0 Å². The molecule has 4 rings (SSSR count). The number of nitrogens with zero attached hydrogens (tertiary/aromatic N) is 1. The summed E-state index contributed by atoms with van der Waals surface area (Å²) in [6.45, 7) is 0. The van der Waals surface area contributed by atoms with Crippen molar-refractivity contribution in [1.29, 1.82) is 0 Å². The summed E-state index contributed by atoms with van der Waals surface area (Å²) in [6, 6.07) is 19.0. The summed E-state index contributed by atoms with van der Waals surface area (Å²) in [4.78, 5) is 27.1. The van der Waals surface area contributed by atoms with Crippen LogP contribution < -0.4 is 0 Å². The molecule has 1 aliphatic heterocycles. The SMILES string of the molecule is O=C1C(c2ccccc2)=C(c2ccccc2)C(=O)N1C1CC1. The zero-order chi connectivity index (χ0) is 15.1. The first-order chi connectivity index (χ1) is 10.8. The highest BCUT2D eigenvalue weighted by Gasteiger charge is 2.46. The molecule has 0 spiro atoms. The van der Waals surface area contributed by atoms with Crippen molar-refractivity contribution in [3.63, 3.8) is 0 Å². The first-order valence-corrected chi connectivity index (χ1v) is 7.50. The first kappa shape index (κ1) is 13.0. The van der Waals surface area contributed by atoms with Crippen LogP contribution in [0.3, 0.4) is 0 Å². The van der Waals surface area contributed by atoms with Crippen molar-refractivity contribution in [2.75, 3.05) is 0 Å². The molecule has 0 bridgehead atoms. The zero-order valence-corrected chi connectivity index (χ0v) is 12.0. The minimum absolute atomic E-state index is 0.0833. The predicted molar refractivity (Wildman–Crippen MR) is 84.6 cm³/mol. The number of benzene rings is 2. The summed E-state index contributed by atoms with van der Waals surface area (Å²) in [5, 5.41) is 0. The normalized spacial score (nSPS) is 18.3. The molecule has 2 aromatic carbocycles. The lowest BCUT2D eigenvalue weighted by atomic mass is 9.96. The maximum atomic E-state index is 12.8. The van der Waals surface area contributed by atoms with Gasteiger partial charge < -0.3 is 0 Å². The summed E-state index contributed by atoms with van der Waals surface area (Å²) in [5.74, 6) is -0.310. The third kappa shape index (κ3) is 1.98. The number of hydrogen-bond acceptors (Lipinski definition) is 2. The van der Waals surface area contributed by atoms with Gasteiger partial charge >= 0.3 is 0 Å². The maximum Gasteiger partial charge on any atom is 0.262 e. The molecule has 1 saturated carbocycles. The van der Waals surface area contributed by atoms with E-state index in [9.17, 15) is 9.59 Å². The molecule has 1 heterocycles. The second-order valence-electron chi connectivity index (χ2n) is 5.69. The summed E-state index contributed by atoms with van der Waals surface area (Å²) in [6.07, 6.45) is 1.84. The Kier molecular flexibility index (Phi) is 2.93. The van der Waals surface area contributed by atoms with E-state index in [1.165, 1.54) is 4.90 Å². The highest BCUT2D eigenvalue weighted by atomic mass is 16.2. The molecule has 1 aliphatic carbocycles. The van der Waals surface area contributed by atoms with Crippen LogP contribution in [-0.4, -0.2) is 22.8 Å². The summed E-state index contributed by atoms with van der Waals surface area (Å²) < 4.78 is 0. The standard InChI is InChI=1S/C19H15NO2/c21-18-16(13-7-3-1-4-8-13)17(14-9-5-2-6-10-14)19(22)20(18)15-11-12-15/h1-10,15H,11-12H2. The van der Waals surface area contributed by atoms with Crippen molar-refractivity contribution in [2.45, 2.75) is 18.9 Å². The summed E-state index contributed by atoms with van der Waals surface area (Å²) in [5.41, 5.74) is 2.68. The highest BCUT2D eigenvalue weighted by Crippen LogP contribution is 2.40. The fourth-order valence-corrected chi connectivity index (χ4v) is 2.96. The fraction of sp³-hybridized carbons (Fsp3) is 0.158. The Morgan fingerprint density at radius 3 is 1.45 bits per heavy atom. The van der Waals surface area contributed by atoms with Gasteiger partial charge in [-0.1, -0.05) is 60.7 Å². The van der Waals surface area contributed by atoms with E-state index in [0.29, 0.717) is 11.1 Å². The molecule has 1 fully saturated rings. The van der Waals surface area contributed by atoms with Crippen LogP contribution in [0, 0.1) is 0 Å². The number of rotatable bonds is 3. The minimum atomic E-state index is -0.155. The Labute approximate surface area is 128 Å². The van der Waals surface area contributed by atoms with E-state index in [1.807, 2.05) is 60.7 Å². The van der Waals surface area contributed by atoms with Crippen LogP contribution in [0.25, 0.3) is 11.1 Å². The Hall–Kier alpha value is -2.68. The molecule has 3 heteroatoms. The van der Waals surface area contributed by atoms with Gasteiger partial charge in [-0.2, -0.15) is 0 Å². The molecule has 0 aromatic heterocycles. The summed E-state index contributed by atoms with van der Waals surface area (Å²) >= 11 is 0. The Bertz CT molecular complexity index is 712. The average Bonchev–Trinajstić information content (AvgIpc) is 3.35. The van der Waals surface area contributed by atoms with Gasteiger partial charge in [-0.3, -0.25) is 14.5 Å². The van der Waals surface area contributed by atoms with E-state index in [4.69, 9.17) is 0 Å². The number of amides is 2. The van der Waals surface area contributed by atoms with E-state index in [2.05, 4.69) is 0 Å². The molecule has 0 unspecified atom stereocenters. The fourth-order valence-electron chi connectivity index (χ4n) is 2.96. The number of hydrogen-bond donors (Lipinski definition) is 0. The second kappa shape index (κ2) is 4.95. The molecular weight excluding hydrogens is 274 g/mol. The molecule has 3 nitrogen and oxygen atoms in total. The molecule has 2 aliphatic rings. The van der Waals surface area contributed by atoms with Crippen molar-refractivity contribution in [1.82, 2.24) is 4.90 Å². The number of carbonyl (C=O) groups excluding carboxylic acids is 2. The lowest BCUT2D eigenvalue weighted by Gasteiger charge is -2.13. The largest absolute Gasteiger partial charge is 0.271 e. The third-order valence-corrected chi connectivity index (χ3v) is 4.15. The van der Waals surface area contributed by atoms with E-state index in [1.54, 1.807) is 0 Å². The van der Waals surface area contributed by atoms with Crippen LogP contribution in [0.2, 0.25) is 0 Å². The number of carbonyl (C=O) groups is 2. The van der Waals surface area contributed by atoms with Gasteiger partial charge in [0.1, 0.15) is 0 Å². The average molecular weight is 289 g/mol. The van der Waals surface area contributed by atoms with Gasteiger partial charge in [0, 0.05) is 6.04 Å². The number of imide groups is 1. The van der Waals surface area contributed by atoms with Crippen molar-refractivity contribution in [3.05, 3.63) is 71.8 Å². The molecule has 0 atom stereocenters. The molecule has 2 amide bonds. The molecule has 2 aromatic rings. The third-order valence-electron chi connectivity index (χ3n) is 4.15. The molecular formula is C19H15NO2.